The van der Waals surface area contributed by atoms with Crippen molar-refractivity contribution in [3.8, 4) is 5.75 Å². The molecule has 0 amide bonds. The highest BCUT2D eigenvalue weighted by molar-refractivity contribution is 14.0. The first-order valence-corrected chi connectivity index (χ1v) is 9.59. The fraction of sp³-hybridized carbons (Fsp3) is 0.684. The number of ether oxygens (including phenoxy) is 1. The summed E-state index contributed by atoms with van der Waals surface area (Å²) in [6, 6.07) is 5.16. The Bertz CT molecular complexity index is 528. The lowest BCUT2D eigenvalue weighted by molar-refractivity contribution is 0.150. The lowest BCUT2D eigenvalue weighted by atomic mass is 10.0. The van der Waals surface area contributed by atoms with Crippen molar-refractivity contribution in [3.05, 3.63) is 24.5 Å². The van der Waals surface area contributed by atoms with Gasteiger partial charge in [-0.3, -0.25) is 9.98 Å². The van der Waals surface area contributed by atoms with E-state index in [-0.39, 0.29) is 24.0 Å². The van der Waals surface area contributed by atoms with Gasteiger partial charge in [-0.15, -0.1) is 24.0 Å². The van der Waals surface area contributed by atoms with Crippen LogP contribution >= 0.6 is 24.0 Å². The number of guanidine groups is 1. The molecule has 0 spiro atoms. The van der Waals surface area contributed by atoms with Gasteiger partial charge in [-0.2, -0.15) is 0 Å². The Morgan fingerprint density at radius 1 is 1.27 bits per heavy atom. The summed E-state index contributed by atoms with van der Waals surface area (Å²) in [7, 11) is 1.82. The first-order valence-electron chi connectivity index (χ1n) is 9.59. The maximum absolute atomic E-state index is 5.65. The predicted molar refractivity (Wildman–Crippen MR) is 116 cm³/mol. The van der Waals surface area contributed by atoms with E-state index in [0.717, 1.165) is 24.3 Å². The van der Waals surface area contributed by atoms with Gasteiger partial charge in [0.2, 0.25) is 0 Å². The molecule has 1 saturated heterocycles. The van der Waals surface area contributed by atoms with Crippen molar-refractivity contribution in [2.45, 2.75) is 50.6 Å². The van der Waals surface area contributed by atoms with Crippen molar-refractivity contribution in [2.24, 2.45) is 4.99 Å². The first-order chi connectivity index (χ1) is 12.3. The summed E-state index contributed by atoms with van der Waals surface area (Å²) in [4.78, 5) is 11.1. The Balaban J connectivity index is 0.00000243. The Kier molecular flexibility index (Phi) is 9.45. The zero-order valence-electron chi connectivity index (χ0n) is 15.7. The van der Waals surface area contributed by atoms with Crippen LogP contribution in [0.25, 0.3) is 0 Å². The van der Waals surface area contributed by atoms with Crippen molar-refractivity contribution < 1.29 is 4.74 Å². The molecule has 1 saturated carbocycles. The SMILES string of the molecule is CN=C(NCCOc1cccnc1)NC1CCN(C2CCCC2)CC1.I. The highest BCUT2D eigenvalue weighted by Crippen LogP contribution is 2.26. The quantitative estimate of drug-likeness (QED) is 0.288. The van der Waals surface area contributed by atoms with Crippen molar-refractivity contribution in [3.63, 3.8) is 0 Å². The largest absolute Gasteiger partial charge is 0.490 e. The van der Waals surface area contributed by atoms with Crippen LogP contribution in [0.15, 0.2) is 29.5 Å². The molecular weight excluding hydrogens is 441 g/mol. The summed E-state index contributed by atoms with van der Waals surface area (Å²) >= 11 is 0. The number of halogens is 1. The molecule has 2 fully saturated rings. The summed E-state index contributed by atoms with van der Waals surface area (Å²) in [6.45, 7) is 3.73. The van der Waals surface area contributed by atoms with Gasteiger partial charge in [0.15, 0.2) is 5.96 Å². The van der Waals surface area contributed by atoms with Crippen molar-refractivity contribution in [2.75, 3.05) is 33.3 Å². The molecule has 2 N–H and O–H groups in total. The topological polar surface area (TPSA) is 61.8 Å². The number of likely N-dealkylation sites (tertiary alicyclic amines) is 1. The minimum atomic E-state index is 0. The minimum absolute atomic E-state index is 0. The molecule has 0 bridgehead atoms. The molecule has 0 aromatic carbocycles. The Labute approximate surface area is 174 Å². The molecule has 2 aliphatic rings. The number of nitrogens with one attached hydrogen (secondary N) is 2. The molecule has 0 atom stereocenters. The summed E-state index contributed by atoms with van der Waals surface area (Å²) in [6.07, 6.45) is 11.5. The van der Waals surface area contributed by atoms with Gasteiger partial charge in [-0.25, -0.2) is 0 Å². The molecule has 146 valence electrons. The van der Waals surface area contributed by atoms with Crippen LogP contribution in [0.3, 0.4) is 0 Å². The average molecular weight is 473 g/mol. The molecule has 3 rings (SSSR count). The van der Waals surface area contributed by atoms with Gasteiger partial charge in [-0.05, 0) is 37.8 Å². The average Bonchev–Trinajstić information content (AvgIpc) is 3.20. The Morgan fingerprint density at radius 2 is 2.04 bits per heavy atom. The minimum Gasteiger partial charge on any atom is -0.490 e. The third kappa shape index (κ3) is 6.57. The zero-order chi connectivity index (χ0) is 17.3. The zero-order valence-corrected chi connectivity index (χ0v) is 18.0. The van der Waals surface area contributed by atoms with E-state index in [1.807, 2.05) is 19.2 Å². The van der Waals surface area contributed by atoms with Crippen LogP contribution in [0.4, 0.5) is 0 Å². The number of piperidine rings is 1. The molecular formula is C19H32IN5O. The second-order valence-corrected chi connectivity index (χ2v) is 6.93. The number of aliphatic imine (C=N–C) groups is 1. The number of hydrogen-bond donors (Lipinski definition) is 2. The second-order valence-electron chi connectivity index (χ2n) is 6.93. The Morgan fingerprint density at radius 3 is 2.69 bits per heavy atom. The molecule has 6 nitrogen and oxygen atoms in total. The number of rotatable bonds is 6. The van der Waals surface area contributed by atoms with E-state index in [4.69, 9.17) is 4.74 Å². The fourth-order valence-corrected chi connectivity index (χ4v) is 3.84. The lowest BCUT2D eigenvalue weighted by Crippen LogP contribution is -2.50. The summed E-state index contributed by atoms with van der Waals surface area (Å²) in [5.74, 6) is 1.67. The van der Waals surface area contributed by atoms with Crippen molar-refractivity contribution in [1.82, 2.24) is 20.5 Å². The molecule has 1 aromatic rings. The van der Waals surface area contributed by atoms with Crippen LogP contribution in [-0.4, -0.2) is 61.2 Å². The highest BCUT2D eigenvalue weighted by atomic mass is 127. The van der Waals surface area contributed by atoms with E-state index in [1.54, 1.807) is 12.4 Å². The van der Waals surface area contributed by atoms with Gasteiger partial charge >= 0.3 is 0 Å². The lowest BCUT2D eigenvalue weighted by Gasteiger charge is -2.36. The first kappa shape index (κ1) is 21.2. The summed E-state index contributed by atoms with van der Waals surface area (Å²) in [5, 5.41) is 6.89. The second kappa shape index (κ2) is 11.6. The smallest absolute Gasteiger partial charge is 0.191 e. The molecule has 0 radical (unpaired) electrons. The summed E-state index contributed by atoms with van der Waals surface area (Å²) in [5.41, 5.74) is 0. The molecule has 1 aromatic heterocycles. The van der Waals surface area contributed by atoms with Crippen LogP contribution in [0, 0.1) is 0 Å². The maximum Gasteiger partial charge on any atom is 0.191 e. The molecule has 0 unspecified atom stereocenters. The van der Waals surface area contributed by atoms with E-state index in [9.17, 15) is 0 Å². The monoisotopic (exact) mass is 473 g/mol. The van der Waals surface area contributed by atoms with Gasteiger partial charge in [-0.1, -0.05) is 12.8 Å². The molecule has 1 aliphatic heterocycles. The van der Waals surface area contributed by atoms with E-state index in [1.165, 1.54) is 51.6 Å². The normalized spacial score (nSPS) is 19.8. The molecule has 7 heteroatoms. The van der Waals surface area contributed by atoms with E-state index in [0.29, 0.717) is 12.6 Å². The van der Waals surface area contributed by atoms with Gasteiger partial charge in [0.25, 0.3) is 0 Å². The van der Waals surface area contributed by atoms with Gasteiger partial charge < -0.3 is 20.3 Å². The van der Waals surface area contributed by atoms with E-state index < -0.39 is 0 Å². The van der Waals surface area contributed by atoms with E-state index in [2.05, 4.69) is 25.5 Å². The van der Waals surface area contributed by atoms with Gasteiger partial charge in [0.1, 0.15) is 12.4 Å². The third-order valence-electron chi connectivity index (χ3n) is 5.23. The van der Waals surface area contributed by atoms with Gasteiger partial charge in [0.05, 0.1) is 12.7 Å². The molecule has 1 aliphatic carbocycles. The maximum atomic E-state index is 5.65. The number of pyridine rings is 1. The van der Waals surface area contributed by atoms with Gasteiger partial charge in [0, 0.05) is 38.4 Å². The molecule has 2 heterocycles. The highest BCUT2D eigenvalue weighted by Gasteiger charge is 2.27. The number of nitrogens with zero attached hydrogens (tertiary/aromatic N) is 3. The number of aromatic nitrogens is 1. The van der Waals surface area contributed by atoms with Crippen LogP contribution in [-0.2, 0) is 0 Å². The van der Waals surface area contributed by atoms with Crippen molar-refractivity contribution in [1.29, 1.82) is 0 Å². The van der Waals surface area contributed by atoms with Crippen molar-refractivity contribution >= 4 is 29.9 Å². The Hall–Kier alpha value is -1.09. The predicted octanol–water partition coefficient (Wildman–Crippen LogP) is 2.65. The van der Waals surface area contributed by atoms with Crippen LogP contribution < -0.4 is 15.4 Å². The fourth-order valence-electron chi connectivity index (χ4n) is 3.84. The third-order valence-corrected chi connectivity index (χ3v) is 5.23. The van der Waals surface area contributed by atoms with E-state index >= 15 is 0 Å². The van der Waals surface area contributed by atoms with Crippen LogP contribution in [0.2, 0.25) is 0 Å². The standard InChI is InChI=1S/C19H31N5O.HI/c1-20-19(22-11-14-25-18-7-4-10-21-15-18)23-16-8-12-24(13-9-16)17-5-2-3-6-17;/h4,7,10,15-17H,2-3,5-6,8-9,11-14H2,1H3,(H2,20,22,23);1H. The summed E-state index contributed by atoms with van der Waals surface area (Å²) < 4.78 is 5.65. The van der Waals surface area contributed by atoms with Crippen LogP contribution in [0.5, 0.6) is 5.75 Å². The van der Waals surface area contributed by atoms with Crippen LogP contribution in [0.1, 0.15) is 38.5 Å². The molecule has 26 heavy (non-hydrogen) atoms. The number of hydrogen-bond acceptors (Lipinski definition) is 4.